The van der Waals surface area contributed by atoms with E-state index in [1.165, 1.54) is 0 Å². The molecule has 2 aliphatic rings. The lowest BCUT2D eigenvalue weighted by Gasteiger charge is -2.25. The van der Waals surface area contributed by atoms with Gasteiger partial charge in [-0.25, -0.2) is 0 Å². The van der Waals surface area contributed by atoms with Crippen LogP contribution in [0, 0.1) is 13.8 Å². The lowest BCUT2D eigenvalue weighted by Crippen LogP contribution is -2.30. The van der Waals surface area contributed by atoms with Crippen molar-refractivity contribution in [3.8, 4) is 5.75 Å². The highest BCUT2D eigenvalue weighted by molar-refractivity contribution is 9.10. The van der Waals surface area contributed by atoms with Crippen LogP contribution in [-0.4, -0.2) is 30.4 Å². The van der Waals surface area contributed by atoms with Gasteiger partial charge in [-0.2, -0.15) is 0 Å². The Bertz CT molecular complexity index is 1450. The number of amides is 2. The van der Waals surface area contributed by atoms with Crippen LogP contribution in [0.15, 0.2) is 82.3 Å². The maximum absolute atomic E-state index is 14.3. The molecule has 2 aliphatic heterocycles. The van der Waals surface area contributed by atoms with Gasteiger partial charge in [0.05, 0.1) is 34.1 Å². The monoisotopic (exact) mass is 556 g/mol. The molecule has 3 aromatic carbocycles. The fourth-order valence-electron chi connectivity index (χ4n) is 4.92. The van der Waals surface area contributed by atoms with Crippen LogP contribution in [0.5, 0.6) is 5.75 Å². The van der Waals surface area contributed by atoms with Crippen LogP contribution in [-0.2, 0) is 9.59 Å². The molecule has 6 heteroatoms. The van der Waals surface area contributed by atoms with Crippen LogP contribution in [0.3, 0.4) is 0 Å². The molecule has 3 aromatic rings. The number of hydrogen-bond donors (Lipinski definition) is 0. The Hall–Kier alpha value is -3.64. The summed E-state index contributed by atoms with van der Waals surface area (Å²) in [5.74, 6) is 0.353. The predicted octanol–water partition coefficient (Wildman–Crippen LogP) is 6.89. The Kier molecular flexibility index (Phi) is 6.78. The van der Waals surface area contributed by atoms with Gasteiger partial charge in [0.2, 0.25) is 0 Å². The first-order chi connectivity index (χ1) is 17.8. The number of halogens is 1. The summed E-state index contributed by atoms with van der Waals surface area (Å²) in [4.78, 5) is 31.9. The Labute approximate surface area is 226 Å². The fraction of sp³-hybridized carbons (Fsp3) is 0.226. The molecular weight excluding hydrogens is 528 g/mol. The highest BCUT2D eigenvalue weighted by Gasteiger charge is 2.49. The number of nitrogens with zero attached hydrogens (tertiary/aromatic N) is 2. The highest BCUT2D eigenvalue weighted by atomic mass is 79.9. The zero-order valence-corrected chi connectivity index (χ0v) is 23.1. The molecule has 0 fully saturated rings. The second-order valence-corrected chi connectivity index (χ2v) is 10.3. The minimum atomic E-state index is -0.191. The molecule has 0 aliphatic carbocycles. The lowest BCUT2D eigenvalue weighted by atomic mass is 10.0. The van der Waals surface area contributed by atoms with Crippen LogP contribution in [0.25, 0.3) is 11.4 Å². The van der Waals surface area contributed by atoms with Gasteiger partial charge in [-0.15, -0.1) is 0 Å². The van der Waals surface area contributed by atoms with Crippen molar-refractivity contribution < 1.29 is 14.3 Å². The average molecular weight is 557 g/mol. The van der Waals surface area contributed by atoms with Gasteiger partial charge < -0.3 is 9.64 Å². The third kappa shape index (κ3) is 4.29. The summed E-state index contributed by atoms with van der Waals surface area (Å²) in [5, 5.41) is 0. The number of ether oxygens (including phenoxy) is 1. The Morgan fingerprint density at radius 3 is 1.97 bits per heavy atom. The normalized spacial score (nSPS) is 15.3. The molecule has 0 bridgehead atoms. The van der Waals surface area contributed by atoms with Crippen LogP contribution in [0.1, 0.15) is 42.0 Å². The number of benzene rings is 3. The highest BCUT2D eigenvalue weighted by Crippen LogP contribution is 2.48. The van der Waals surface area contributed by atoms with Crippen molar-refractivity contribution in [2.75, 3.05) is 18.6 Å². The summed E-state index contributed by atoms with van der Waals surface area (Å²) >= 11 is 3.59. The van der Waals surface area contributed by atoms with Gasteiger partial charge in [-0.1, -0.05) is 60.9 Å². The number of unbranched alkanes of at least 4 members (excludes halogenated alkanes) is 1. The maximum atomic E-state index is 14.3. The number of fused-ring (bicyclic) bond motifs is 1. The van der Waals surface area contributed by atoms with Gasteiger partial charge in [0.15, 0.2) is 0 Å². The van der Waals surface area contributed by atoms with E-state index in [-0.39, 0.29) is 11.8 Å². The number of carbonyl (C=O) groups is 2. The molecule has 0 unspecified atom stereocenters. The molecule has 0 N–H and O–H groups in total. The minimum Gasteiger partial charge on any atom is -0.496 e. The zero-order chi connectivity index (χ0) is 26.3. The number of aryl methyl sites for hydroxylation is 2. The van der Waals surface area contributed by atoms with E-state index in [0.717, 1.165) is 45.3 Å². The Morgan fingerprint density at radius 2 is 1.38 bits per heavy atom. The molecule has 2 heterocycles. The Morgan fingerprint density at radius 1 is 0.784 bits per heavy atom. The molecule has 37 heavy (non-hydrogen) atoms. The van der Waals surface area contributed by atoms with Gasteiger partial charge in [0.25, 0.3) is 11.8 Å². The summed E-state index contributed by atoms with van der Waals surface area (Å²) in [5.41, 5.74) is 6.79. The molecule has 0 aromatic heterocycles. The molecule has 5 nitrogen and oxygen atoms in total. The van der Waals surface area contributed by atoms with Crippen molar-refractivity contribution in [3.05, 3.63) is 105 Å². The first kappa shape index (κ1) is 25.0. The van der Waals surface area contributed by atoms with E-state index >= 15 is 0 Å². The molecule has 0 atom stereocenters. The molecule has 0 saturated carbocycles. The first-order valence-electron chi connectivity index (χ1n) is 12.5. The van der Waals surface area contributed by atoms with E-state index in [9.17, 15) is 9.59 Å². The minimum absolute atomic E-state index is 0.135. The van der Waals surface area contributed by atoms with Crippen LogP contribution >= 0.6 is 15.9 Å². The van der Waals surface area contributed by atoms with Gasteiger partial charge in [0.1, 0.15) is 5.75 Å². The molecule has 5 rings (SSSR count). The number of anilines is 1. The van der Waals surface area contributed by atoms with E-state index in [0.29, 0.717) is 34.8 Å². The first-order valence-corrected chi connectivity index (χ1v) is 13.3. The molecule has 0 spiro atoms. The summed E-state index contributed by atoms with van der Waals surface area (Å²) in [6.45, 7) is 6.70. The SMILES string of the molecule is CCCCN1C(=O)C2=C(c3ccc(OC)c(Br)c3)N(c3ccc(C)cc3)C(=O)C2=C1c1ccc(C)cc1. The molecule has 0 radical (unpaired) electrons. The smallest absolute Gasteiger partial charge is 0.265 e. The molecule has 2 amide bonds. The van der Waals surface area contributed by atoms with Crippen molar-refractivity contribution >= 4 is 44.8 Å². The molecular formula is C31H29BrN2O3. The quantitative estimate of drug-likeness (QED) is 0.318. The number of rotatable bonds is 7. The van der Waals surface area contributed by atoms with E-state index in [2.05, 4.69) is 22.9 Å². The second kappa shape index (κ2) is 10.0. The van der Waals surface area contributed by atoms with E-state index in [1.807, 2.05) is 80.6 Å². The van der Waals surface area contributed by atoms with Gasteiger partial charge in [0, 0.05) is 17.8 Å². The van der Waals surface area contributed by atoms with E-state index in [1.54, 1.807) is 16.9 Å². The van der Waals surface area contributed by atoms with Crippen molar-refractivity contribution in [1.82, 2.24) is 4.90 Å². The number of hydrogen-bond acceptors (Lipinski definition) is 3. The maximum Gasteiger partial charge on any atom is 0.265 e. The average Bonchev–Trinajstić information content (AvgIpc) is 3.35. The van der Waals surface area contributed by atoms with Gasteiger partial charge >= 0.3 is 0 Å². The molecule has 188 valence electrons. The van der Waals surface area contributed by atoms with Crippen molar-refractivity contribution in [2.24, 2.45) is 0 Å². The summed E-state index contributed by atoms with van der Waals surface area (Å²) < 4.78 is 6.19. The third-order valence-corrected chi connectivity index (χ3v) is 7.49. The number of methoxy groups -OCH3 is 1. The summed E-state index contributed by atoms with van der Waals surface area (Å²) in [6.07, 6.45) is 1.79. The van der Waals surface area contributed by atoms with Crippen LogP contribution < -0.4 is 9.64 Å². The second-order valence-electron chi connectivity index (χ2n) is 9.45. The van der Waals surface area contributed by atoms with Crippen LogP contribution in [0.4, 0.5) is 5.69 Å². The lowest BCUT2D eigenvalue weighted by molar-refractivity contribution is -0.123. The molecule has 0 saturated heterocycles. The largest absolute Gasteiger partial charge is 0.496 e. The predicted molar refractivity (Wildman–Crippen MR) is 151 cm³/mol. The number of carbonyl (C=O) groups excluding carboxylic acids is 2. The third-order valence-electron chi connectivity index (χ3n) is 6.87. The van der Waals surface area contributed by atoms with Gasteiger partial charge in [-0.3, -0.25) is 14.5 Å². The van der Waals surface area contributed by atoms with Crippen molar-refractivity contribution in [1.29, 1.82) is 0 Å². The standard InChI is InChI=1S/C31H29BrN2O3/c1-5-6-17-33-28(21-11-7-19(2)8-12-21)26-27(30(33)35)29(22-13-16-25(37-4)24(32)18-22)34(31(26)36)23-14-9-20(3)10-15-23/h7-16,18H,5-6,17H2,1-4H3. The van der Waals surface area contributed by atoms with Crippen molar-refractivity contribution in [3.63, 3.8) is 0 Å². The zero-order valence-electron chi connectivity index (χ0n) is 21.5. The van der Waals surface area contributed by atoms with Crippen LogP contribution in [0.2, 0.25) is 0 Å². The summed E-state index contributed by atoms with van der Waals surface area (Å²) in [6, 6.07) is 21.5. The van der Waals surface area contributed by atoms with E-state index in [4.69, 9.17) is 4.74 Å². The Balaban J connectivity index is 1.80. The fourth-order valence-corrected chi connectivity index (χ4v) is 5.46. The summed E-state index contributed by atoms with van der Waals surface area (Å²) in [7, 11) is 1.61. The van der Waals surface area contributed by atoms with Crippen molar-refractivity contribution in [2.45, 2.75) is 33.6 Å². The van der Waals surface area contributed by atoms with E-state index < -0.39 is 0 Å². The topological polar surface area (TPSA) is 49.9 Å². The van der Waals surface area contributed by atoms with Gasteiger partial charge in [-0.05, 0) is 72.1 Å².